The minimum Gasteiger partial charge on any atom is -0.496 e. The van der Waals surface area contributed by atoms with Crippen molar-refractivity contribution in [2.45, 2.75) is 33.1 Å². The maximum absolute atomic E-state index is 11.1. The highest BCUT2D eigenvalue weighted by Crippen LogP contribution is 2.35. The Morgan fingerprint density at radius 3 is 2.27 bits per heavy atom. The fourth-order valence-corrected chi connectivity index (χ4v) is 2.58. The van der Waals surface area contributed by atoms with Crippen LogP contribution in [0.4, 0.5) is 0 Å². The first-order valence-corrected chi connectivity index (χ1v) is 7.27. The summed E-state index contributed by atoms with van der Waals surface area (Å²) >= 11 is 0. The van der Waals surface area contributed by atoms with Crippen molar-refractivity contribution in [1.82, 2.24) is 0 Å². The van der Waals surface area contributed by atoms with Crippen molar-refractivity contribution < 1.29 is 14.6 Å². The van der Waals surface area contributed by atoms with Crippen molar-refractivity contribution in [1.29, 1.82) is 0 Å². The first-order chi connectivity index (χ1) is 10.2. The van der Waals surface area contributed by atoms with Crippen molar-refractivity contribution in [2.75, 3.05) is 7.11 Å². The Bertz CT molecular complexity index is 709. The number of rotatable bonds is 3. The van der Waals surface area contributed by atoms with Crippen LogP contribution in [-0.4, -0.2) is 18.2 Å². The maximum Gasteiger partial charge on any atom is 0.335 e. The predicted molar refractivity (Wildman–Crippen MR) is 88.8 cm³/mol. The molecule has 1 N–H and O–H groups in total. The molecule has 0 aliphatic rings. The van der Waals surface area contributed by atoms with Crippen molar-refractivity contribution >= 4 is 5.97 Å². The zero-order valence-corrected chi connectivity index (χ0v) is 13.7. The molecule has 0 amide bonds. The van der Waals surface area contributed by atoms with E-state index < -0.39 is 5.97 Å². The average Bonchev–Trinajstić information content (AvgIpc) is 2.45. The lowest BCUT2D eigenvalue weighted by Gasteiger charge is -2.23. The summed E-state index contributed by atoms with van der Waals surface area (Å²) in [4.78, 5) is 11.1. The van der Waals surface area contributed by atoms with Crippen LogP contribution in [-0.2, 0) is 5.41 Å². The minimum absolute atomic E-state index is 0.0315. The number of carboxylic acids is 1. The normalized spacial score (nSPS) is 11.3. The third-order valence-electron chi connectivity index (χ3n) is 3.79. The molecule has 2 aromatic carbocycles. The monoisotopic (exact) mass is 298 g/mol. The fraction of sp³-hybridized carbons (Fsp3) is 0.316. The largest absolute Gasteiger partial charge is 0.496 e. The summed E-state index contributed by atoms with van der Waals surface area (Å²) in [6.45, 7) is 8.38. The molecule has 0 spiro atoms. The number of benzene rings is 2. The van der Waals surface area contributed by atoms with Gasteiger partial charge in [-0.05, 0) is 53.3 Å². The van der Waals surface area contributed by atoms with Crippen LogP contribution >= 0.6 is 0 Å². The summed E-state index contributed by atoms with van der Waals surface area (Å²) in [6.07, 6.45) is 0. The number of hydrogen-bond acceptors (Lipinski definition) is 2. The first-order valence-electron chi connectivity index (χ1n) is 7.27. The van der Waals surface area contributed by atoms with E-state index in [1.165, 1.54) is 0 Å². The molecular weight excluding hydrogens is 276 g/mol. The second kappa shape index (κ2) is 5.84. The van der Waals surface area contributed by atoms with E-state index in [9.17, 15) is 4.79 Å². The standard InChI is InChI=1S/C19H22O3/c1-12-10-14(18(20)21)6-8-15(12)13-7-9-17(22-5)16(11-13)19(2,3)4/h6-11H,1-5H3,(H,20,21). The summed E-state index contributed by atoms with van der Waals surface area (Å²) in [5, 5.41) is 9.07. The summed E-state index contributed by atoms with van der Waals surface area (Å²) < 4.78 is 5.47. The van der Waals surface area contributed by atoms with Crippen LogP contribution in [0, 0.1) is 6.92 Å². The molecule has 0 bridgehead atoms. The molecule has 3 heteroatoms. The highest BCUT2D eigenvalue weighted by atomic mass is 16.5. The lowest BCUT2D eigenvalue weighted by Crippen LogP contribution is -2.13. The molecule has 0 aliphatic heterocycles. The molecule has 0 aliphatic carbocycles. The van der Waals surface area contributed by atoms with Gasteiger partial charge in [0.05, 0.1) is 12.7 Å². The fourth-order valence-electron chi connectivity index (χ4n) is 2.58. The van der Waals surface area contributed by atoms with Crippen LogP contribution in [0.2, 0.25) is 0 Å². The van der Waals surface area contributed by atoms with Crippen molar-refractivity contribution in [3.8, 4) is 16.9 Å². The van der Waals surface area contributed by atoms with E-state index in [1.54, 1.807) is 19.2 Å². The van der Waals surface area contributed by atoms with Gasteiger partial charge < -0.3 is 9.84 Å². The van der Waals surface area contributed by atoms with Crippen LogP contribution in [0.25, 0.3) is 11.1 Å². The minimum atomic E-state index is -0.903. The summed E-state index contributed by atoms with van der Waals surface area (Å²) in [7, 11) is 1.68. The van der Waals surface area contributed by atoms with Gasteiger partial charge in [-0.15, -0.1) is 0 Å². The molecule has 0 radical (unpaired) electrons. The van der Waals surface area contributed by atoms with Gasteiger partial charge in [0.25, 0.3) is 0 Å². The molecule has 2 rings (SSSR count). The number of ether oxygens (including phenoxy) is 1. The Morgan fingerprint density at radius 2 is 1.77 bits per heavy atom. The van der Waals surface area contributed by atoms with Gasteiger partial charge in [-0.3, -0.25) is 0 Å². The molecule has 22 heavy (non-hydrogen) atoms. The molecule has 2 aromatic rings. The molecular formula is C19H22O3. The molecule has 3 nitrogen and oxygen atoms in total. The van der Waals surface area contributed by atoms with E-state index in [0.29, 0.717) is 5.56 Å². The molecule has 0 aromatic heterocycles. The highest BCUT2D eigenvalue weighted by molar-refractivity contribution is 5.89. The van der Waals surface area contributed by atoms with Gasteiger partial charge in [0.2, 0.25) is 0 Å². The lowest BCUT2D eigenvalue weighted by atomic mass is 9.84. The number of hydrogen-bond donors (Lipinski definition) is 1. The van der Waals surface area contributed by atoms with Gasteiger partial charge in [-0.25, -0.2) is 4.79 Å². The Kier molecular flexibility index (Phi) is 4.27. The van der Waals surface area contributed by atoms with E-state index in [0.717, 1.165) is 28.0 Å². The Hall–Kier alpha value is -2.29. The van der Waals surface area contributed by atoms with Gasteiger partial charge in [0.1, 0.15) is 5.75 Å². The van der Waals surface area contributed by atoms with E-state index in [1.807, 2.05) is 25.1 Å². The van der Waals surface area contributed by atoms with E-state index in [4.69, 9.17) is 9.84 Å². The van der Waals surface area contributed by atoms with Crippen LogP contribution in [0.5, 0.6) is 5.75 Å². The topological polar surface area (TPSA) is 46.5 Å². The SMILES string of the molecule is COc1ccc(-c2ccc(C(=O)O)cc2C)cc1C(C)(C)C. The van der Waals surface area contributed by atoms with E-state index >= 15 is 0 Å². The highest BCUT2D eigenvalue weighted by Gasteiger charge is 2.20. The number of carboxylic acid groups (broad SMARTS) is 1. The van der Waals surface area contributed by atoms with Crippen LogP contribution < -0.4 is 4.74 Å². The predicted octanol–water partition coefficient (Wildman–Crippen LogP) is 4.67. The molecule has 116 valence electrons. The first kappa shape index (κ1) is 16.1. The number of aryl methyl sites for hydroxylation is 1. The average molecular weight is 298 g/mol. The number of carbonyl (C=O) groups is 1. The van der Waals surface area contributed by atoms with Gasteiger partial charge in [-0.1, -0.05) is 32.9 Å². The van der Waals surface area contributed by atoms with Gasteiger partial charge in [0.15, 0.2) is 0 Å². The van der Waals surface area contributed by atoms with Gasteiger partial charge in [0, 0.05) is 5.56 Å². The maximum atomic E-state index is 11.1. The zero-order valence-electron chi connectivity index (χ0n) is 13.7. The Labute approximate surface area is 131 Å². The van der Waals surface area contributed by atoms with Crippen molar-refractivity contribution in [2.24, 2.45) is 0 Å². The lowest BCUT2D eigenvalue weighted by molar-refractivity contribution is 0.0697. The summed E-state index contributed by atoms with van der Waals surface area (Å²) in [5.41, 5.74) is 4.47. The summed E-state index contributed by atoms with van der Waals surface area (Å²) in [6, 6.07) is 11.3. The van der Waals surface area contributed by atoms with E-state index in [-0.39, 0.29) is 5.41 Å². The van der Waals surface area contributed by atoms with Crippen LogP contribution in [0.1, 0.15) is 42.3 Å². The Morgan fingerprint density at radius 1 is 1.09 bits per heavy atom. The molecule has 0 unspecified atom stereocenters. The zero-order chi connectivity index (χ0) is 16.5. The molecule has 0 fully saturated rings. The number of methoxy groups -OCH3 is 1. The van der Waals surface area contributed by atoms with Crippen LogP contribution in [0.3, 0.4) is 0 Å². The van der Waals surface area contributed by atoms with E-state index in [2.05, 4.69) is 26.8 Å². The summed E-state index contributed by atoms with van der Waals surface area (Å²) in [5.74, 6) is -0.0316. The van der Waals surface area contributed by atoms with Crippen LogP contribution in [0.15, 0.2) is 36.4 Å². The van der Waals surface area contributed by atoms with Gasteiger partial charge in [-0.2, -0.15) is 0 Å². The molecule has 0 atom stereocenters. The molecule has 0 saturated carbocycles. The molecule has 0 heterocycles. The quantitative estimate of drug-likeness (QED) is 0.896. The van der Waals surface area contributed by atoms with Gasteiger partial charge >= 0.3 is 5.97 Å². The van der Waals surface area contributed by atoms with Crippen molar-refractivity contribution in [3.63, 3.8) is 0 Å². The van der Waals surface area contributed by atoms with Crippen molar-refractivity contribution in [3.05, 3.63) is 53.1 Å². The molecule has 0 saturated heterocycles. The second-order valence-corrected chi connectivity index (χ2v) is 6.50. The third-order valence-corrected chi connectivity index (χ3v) is 3.79. The Balaban J connectivity index is 2.56. The smallest absolute Gasteiger partial charge is 0.335 e. The number of aromatic carboxylic acids is 1. The third kappa shape index (κ3) is 3.14. The second-order valence-electron chi connectivity index (χ2n) is 6.50.